The van der Waals surface area contributed by atoms with Crippen LogP contribution in [0.4, 0.5) is 4.79 Å². The van der Waals surface area contributed by atoms with Crippen LogP contribution in [0.15, 0.2) is 24.3 Å². The number of esters is 1. The monoisotopic (exact) mass is 554 g/mol. The first-order valence-electron chi connectivity index (χ1n) is 14.9. The molecule has 0 radical (unpaired) electrons. The largest absolute Gasteiger partial charge is 0.461 e. The minimum atomic E-state index is -0.617. The summed E-state index contributed by atoms with van der Waals surface area (Å²) in [6.45, 7) is 9.57. The molecule has 2 aliphatic rings. The number of carbonyl (C=O) groups excluding carboxylic acids is 3. The van der Waals surface area contributed by atoms with Crippen molar-refractivity contribution in [2.45, 2.75) is 90.7 Å². The van der Waals surface area contributed by atoms with Crippen LogP contribution in [0.1, 0.15) is 88.7 Å². The zero-order chi connectivity index (χ0) is 28.9. The lowest BCUT2D eigenvalue weighted by molar-refractivity contribution is -0.124. The topological polar surface area (TPSA) is 87.1 Å². The Balaban J connectivity index is 1.50. The highest BCUT2D eigenvalue weighted by atomic mass is 16.6. The minimum absolute atomic E-state index is 0.0585. The molecule has 1 aliphatic heterocycles. The van der Waals surface area contributed by atoms with Gasteiger partial charge in [-0.1, -0.05) is 38.2 Å². The van der Waals surface area contributed by atoms with E-state index in [4.69, 9.17) is 14.2 Å². The lowest BCUT2D eigenvalue weighted by Crippen LogP contribution is -2.47. The highest BCUT2D eigenvalue weighted by Crippen LogP contribution is 2.40. The third kappa shape index (κ3) is 7.25. The third-order valence-corrected chi connectivity index (χ3v) is 8.22. The molecule has 0 N–H and O–H groups in total. The van der Waals surface area contributed by atoms with Gasteiger partial charge in [0.05, 0.1) is 12.6 Å². The second kappa shape index (κ2) is 13.2. The van der Waals surface area contributed by atoms with Crippen LogP contribution in [0, 0.1) is 11.8 Å². The number of ketones is 1. The van der Waals surface area contributed by atoms with Crippen molar-refractivity contribution < 1.29 is 28.6 Å². The summed E-state index contributed by atoms with van der Waals surface area (Å²) in [4.78, 5) is 41.5. The molecular weight excluding hydrogens is 508 g/mol. The number of ether oxygens (including phenoxy) is 3. The summed E-state index contributed by atoms with van der Waals surface area (Å²) in [6, 6.07) is 7.22. The van der Waals surface area contributed by atoms with Gasteiger partial charge in [0.1, 0.15) is 11.3 Å². The van der Waals surface area contributed by atoms with Gasteiger partial charge in [-0.15, -0.1) is 0 Å². The second-order valence-corrected chi connectivity index (χ2v) is 12.3. The number of benzene rings is 1. The average molecular weight is 555 g/mol. The third-order valence-electron chi connectivity index (χ3n) is 8.22. The van der Waals surface area contributed by atoms with Crippen molar-refractivity contribution in [1.82, 2.24) is 9.47 Å². The molecular formula is C32H46N2O6. The quantitative estimate of drug-likeness (QED) is 0.261. The summed E-state index contributed by atoms with van der Waals surface area (Å²) in [5.41, 5.74) is 1.62. The Morgan fingerprint density at radius 2 is 1.75 bits per heavy atom. The van der Waals surface area contributed by atoms with E-state index >= 15 is 0 Å². The molecule has 1 saturated carbocycles. The lowest BCUT2D eigenvalue weighted by atomic mass is 9.75. The number of aryl methyl sites for hydroxylation is 1. The molecule has 0 spiro atoms. The van der Waals surface area contributed by atoms with Gasteiger partial charge in [0.2, 0.25) is 0 Å². The van der Waals surface area contributed by atoms with Crippen LogP contribution < -0.4 is 0 Å². The summed E-state index contributed by atoms with van der Waals surface area (Å²) in [7, 11) is 1.84. The molecule has 8 heteroatoms. The van der Waals surface area contributed by atoms with Gasteiger partial charge < -0.3 is 18.8 Å². The zero-order valence-electron chi connectivity index (χ0n) is 24.9. The molecule has 1 amide bonds. The number of amides is 1. The van der Waals surface area contributed by atoms with Gasteiger partial charge in [0.25, 0.3) is 0 Å². The first-order chi connectivity index (χ1) is 19.1. The molecule has 4 rings (SSSR count). The summed E-state index contributed by atoms with van der Waals surface area (Å²) < 4.78 is 18.3. The van der Waals surface area contributed by atoms with Gasteiger partial charge in [-0.2, -0.15) is 0 Å². The molecule has 0 bridgehead atoms. The number of hydrogen-bond donors (Lipinski definition) is 0. The van der Waals surface area contributed by atoms with Crippen LogP contribution in [0.5, 0.6) is 0 Å². The number of likely N-dealkylation sites (tertiary alicyclic amines) is 1. The van der Waals surface area contributed by atoms with Crippen molar-refractivity contribution in [1.29, 1.82) is 0 Å². The molecule has 1 saturated heterocycles. The van der Waals surface area contributed by atoms with Gasteiger partial charge in [-0.05, 0) is 69.7 Å². The Kier molecular flexibility index (Phi) is 9.93. The molecule has 1 aliphatic carbocycles. The van der Waals surface area contributed by atoms with Gasteiger partial charge >= 0.3 is 12.1 Å². The van der Waals surface area contributed by atoms with Gasteiger partial charge in [0.15, 0.2) is 5.78 Å². The standard InChI is InChI=1S/C32H46N2O6/c1-6-38-17-10-18-39-30(36)27-21-24-19-22(13-14-26(24)33(27)5)20-28(35)29-25(23-11-8-7-9-12-23)15-16-34(29)31(37)40-32(2,3)4/h13-14,19,21,23,25,29H,6-12,15-18,20H2,1-5H3/t25-,29-/m0/s1. The Bertz CT molecular complexity index is 1190. The minimum Gasteiger partial charge on any atom is -0.461 e. The fourth-order valence-electron chi connectivity index (χ4n) is 6.36. The average Bonchev–Trinajstić information content (AvgIpc) is 3.50. The van der Waals surface area contributed by atoms with Crippen molar-refractivity contribution >= 4 is 28.7 Å². The first kappa shape index (κ1) is 30.1. The molecule has 2 heterocycles. The van der Waals surface area contributed by atoms with E-state index in [2.05, 4.69) is 0 Å². The highest BCUT2D eigenvalue weighted by Gasteiger charge is 2.46. The van der Waals surface area contributed by atoms with Gasteiger partial charge in [0, 0.05) is 50.6 Å². The van der Waals surface area contributed by atoms with E-state index < -0.39 is 17.7 Å². The molecule has 1 aromatic heterocycles. The molecule has 1 aromatic carbocycles. The number of fused-ring (bicyclic) bond motifs is 1. The highest BCUT2D eigenvalue weighted by molar-refractivity contribution is 5.96. The molecule has 2 atom stereocenters. The Labute approximate surface area is 238 Å². The number of aromatic nitrogens is 1. The number of nitrogens with zero attached hydrogens (tertiary/aromatic N) is 2. The van der Waals surface area contributed by atoms with Crippen molar-refractivity contribution in [2.75, 3.05) is 26.4 Å². The van der Waals surface area contributed by atoms with Gasteiger partial charge in [-0.25, -0.2) is 9.59 Å². The van der Waals surface area contributed by atoms with E-state index in [1.54, 1.807) is 4.90 Å². The van der Waals surface area contributed by atoms with E-state index in [9.17, 15) is 14.4 Å². The molecule has 220 valence electrons. The number of hydrogen-bond acceptors (Lipinski definition) is 6. The smallest absolute Gasteiger partial charge is 0.410 e. The first-order valence-corrected chi connectivity index (χ1v) is 14.9. The Morgan fingerprint density at radius 1 is 1.00 bits per heavy atom. The fourth-order valence-corrected chi connectivity index (χ4v) is 6.36. The maximum Gasteiger partial charge on any atom is 0.410 e. The summed E-state index contributed by atoms with van der Waals surface area (Å²) in [6.07, 6.45) is 7.20. The maximum atomic E-state index is 13.9. The normalized spacial score (nSPS) is 20.2. The SMILES string of the molecule is CCOCCCOC(=O)c1cc2cc(CC(=O)[C@@H]3[C@H](C4CCCCC4)CCN3C(=O)OC(C)(C)C)ccc2n1C. The molecule has 8 nitrogen and oxygen atoms in total. The predicted octanol–water partition coefficient (Wildman–Crippen LogP) is 6.08. The molecule has 40 heavy (non-hydrogen) atoms. The fraction of sp³-hybridized carbons (Fsp3) is 0.656. The van der Waals surface area contributed by atoms with Crippen molar-refractivity contribution in [2.24, 2.45) is 18.9 Å². The van der Waals surface area contributed by atoms with E-state index in [-0.39, 0.29) is 24.1 Å². The van der Waals surface area contributed by atoms with Crippen molar-refractivity contribution in [3.8, 4) is 0 Å². The predicted molar refractivity (Wildman–Crippen MR) is 154 cm³/mol. The lowest BCUT2D eigenvalue weighted by Gasteiger charge is -2.34. The van der Waals surface area contributed by atoms with Crippen molar-refractivity contribution in [3.63, 3.8) is 0 Å². The van der Waals surface area contributed by atoms with Crippen LogP contribution in [0.25, 0.3) is 10.9 Å². The van der Waals surface area contributed by atoms with E-state index in [1.165, 1.54) is 19.3 Å². The zero-order valence-corrected chi connectivity index (χ0v) is 24.9. The number of carbonyl (C=O) groups is 3. The van der Waals surface area contributed by atoms with Crippen molar-refractivity contribution in [3.05, 3.63) is 35.5 Å². The van der Waals surface area contributed by atoms with Crippen LogP contribution in [-0.2, 0) is 32.5 Å². The number of rotatable bonds is 10. The summed E-state index contributed by atoms with van der Waals surface area (Å²) in [5.74, 6) is 0.323. The summed E-state index contributed by atoms with van der Waals surface area (Å²) in [5, 5.41) is 0.883. The Morgan fingerprint density at radius 3 is 2.45 bits per heavy atom. The molecule has 2 fully saturated rings. The molecule has 0 unspecified atom stereocenters. The van der Waals surface area contributed by atoms with Crippen LogP contribution in [-0.4, -0.2) is 65.3 Å². The number of Topliss-reactive ketones (excluding diaryl/α,β-unsaturated/α-hetero) is 1. The Hall–Kier alpha value is -2.87. The van der Waals surface area contributed by atoms with E-state index in [0.29, 0.717) is 44.4 Å². The van der Waals surface area contributed by atoms with E-state index in [1.807, 2.05) is 63.6 Å². The van der Waals surface area contributed by atoms with Crippen LogP contribution >= 0.6 is 0 Å². The molecule has 2 aromatic rings. The second-order valence-electron chi connectivity index (χ2n) is 12.3. The van der Waals surface area contributed by atoms with Gasteiger partial charge in [-0.3, -0.25) is 9.69 Å². The van der Waals surface area contributed by atoms with Crippen LogP contribution in [0.3, 0.4) is 0 Å². The maximum absolute atomic E-state index is 13.9. The summed E-state index contributed by atoms with van der Waals surface area (Å²) >= 11 is 0. The van der Waals surface area contributed by atoms with Crippen LogP contribution in [0.2, 0.25) is 0 Å². The van der Waals surface area contributed by atoms with E-state index in [0.717, 1.165) is 35.7 Å².